The Bertz CT molecular complexity index is 800. The monoisotopic (exact) mass is 282 g/mol. The third-order valence-electron chi connectivity index (χ3n) is 4.17. The lowest BCUT2D eigenvalue weighted by atomic mass is 10.2. The average Bonchev–Trinajstić information content (AvgIpc) is 2.97. The number of fused-ring (bicyclic) bond motifs is 3. The van der Waals surface area contributed by atoms with Crippen molar-refractivity contribution < 1.29 is 0 Å². The number of benzene rings is 1. The Kier molecular flexibility index (Phi) is 2.78. The van der Waals surface area contributed by atoms with Gasteiger partial charge in [0.05, 0.1) is 11.0 Å². The zero-order valence-electron chi connectivity index (χ0n) is 12.3. The number of likely N-dealkylation sites (N-methyl/N-ethyl adjacent to an activating group) is 1. The SMILES string of the molecule is Cc1ccc2nc(N3CCN(C)CC3)c3nncn3c2c1. The minimum atomic E-state index is 0.845. The largest absolute Gasteiger partial charge is 0.351 e. The van der Waals surface area contributed by atoms with E-state index in [1.54, 1.807) is 6.33 Å². The zero-order chi connectivity index (χ0) is 14.4. The number of anilines is 1. The molecule has 0 amide bonds. The molecule has 1 aliphatic heterocycles. The molecule has 1 saturated heterocycles. The number of nitrogens with zero attached hydrogens (tertiary/aromatic N) is 6. The van der Waals surface area contributed by atoms with E-state index >= 15 is 0 Å². The van der Waals surface area contributed by atoms with Crippen LogP contribution >= 0.6 is 0 Å². The Morgan fingerprint density at radius 1 is 1.10 bits per heavy atom. The van der Waals surface area contributed by atoms with Crippen molar-refractivity contribution in [2.24, 2.45) is 0 Å². The first kappa shape index (κ1) is 12.5. The Morgan fingerprint density at radius 3 is 2.71 bits per heavy atom. The van der Waals surface area contributed by atoms with Crippen LogP contribution in [-0.2, 0) is 0 Å². The van der Waals surface area contributed by atoms with E-state index in [0.29, 0.717) is 0 Å². The second-order valence-corrected chi connectivity index (χ2v) is 5.74. The van der Waals surface area contributed by atoms with Crippen LogP contribution < -0.4 is 4.90 Å². The Morgan fingerprint density at radius 2 is 1.90 bits per heavy atom. The highest BCUT2D eigenvalue weighted by Gasteiger charge is 2.20. The molecule has 6 heteroatoms. The van der Waals surface area contributed by atoms with Gasteiger partial charge in [0.2, 0.25) is 5.65 Å². The lowest BCUT2D eigenvalue weighted by molar-refractivity contribution is 0.312. The van der Waals surface area contributed by atoms with Crippen molar-refractivity contribution in [3.8, 4) is 0 Å². The molecule has 2 aromatic heterocycles. The van der Waals surface area contributed by atoms with Gasteiger partial charge in [-0.1, -0.05) is 6.07 Å². The van der Waals surface area contributed by atoms with Gasteiger partial charge in [-0.15, -0.1) is 10.2 Å². The van der Waals surface area contributed by atoms with E-state index < -0.39 is 0 Å². The number of hydrogen-bond donors (Lipinski definition) is 0. The molecule has 1 aromatic carbocycles. The molecule has 3 heterocycles. The van der Waals surface area contributed by atoms with Crippen molar-refractivity contribution in [1.82, 2.24) is 24.5 Å². The van der Waals surface area contributed by atoms with Gasteiger partial charge in [0.1, 0.15) is 6.33 Å². The summed E-state index contributed by atoms with van der Waals surface area (Å²) in [6.07, 6.45) is 1.78. The first-order chi connectivity index (χ1) is 10.2. The lowest BCUT2D eigenvalue weighted by Gasteiger charge is -2.33. The minimum absolute atomic E-state index is 0.845. The Balaban J connectivity index is 1.91. The highest BCUT2D eigenvalue weighted by atomic mass is 15.3. The van der Waals surface area contributed by atoms with Crippen molar-refractivity contribution in [3.63, 3.8) is 0 Å². The van der Waals surface area contributed by atoms with E-state index in [9.17, 15) is 0 Å². The first-order valence-electron chi connectivity index (χ1n) is 7.26. The van der Waals surface area contributed by atoms with Crippen LogP contribution in [0.1, 0.15) is 5.56 Å². The maximum Gasteiger partial charge on any atom is 0.204 e. The van der Waals surface area contributed by atoms with E-state index in [4.69, 9.17) is 4.98 Å². The summed E-state index contributed by atoms with van der Waals surface area (Å²) in [5, 5.41) is 8.38. The molecule has 1 fully saturated rings. The summed E-state index contributed by atoms with van der Waals surface area (Å²) in [7, 11) is 2.15. The molecule has 0 spiro atoms. The molecule has 0 unspecified atom stereocenters. The molecular weight excluding hydrogens is 264 g/mol. The summed E-state index contributed by atoms with van der Waals surface area (Å²) < 4.78 is 2.04. The van der Waals surface area contributed by atoms with E-state index in [0.717, 1.165) is 48.7 Å². The quantitative estimate of drug-likeness (QED) is 0.674. The van der Waals surface area contributed by atoms with E-state index in [2.05, 4.69) is 52.2 Å². The smallest absolute Gasteiger partial charge is 0.204 e. The molecule has 6 nitrogen and oxygen atoms in total. The van der Waals surface area contributed by atoms with Crippen molar-refractivity contribution in [3.05, 3.63) is 30.1 Å². The highest BCUT2D eigenvalue weighted by Crippen LogP contribution is 2.24. The lowest BCUT2D eigenvalue weighted by Crippen LogP contribution is -2.45. The van der Waals surface area contributed by atoms with Crippen LogP contribution in [0.15, 0.2) is 24.5 Å². The van der Waals surface area contributed by atoms with Gasteiger partial charge in [-0.2, -0.15) is 0 Å². The van der Waals surface area contributed by atoms with Crippen molar-refractivity contribution >= 4 is 22.5 Å². The fourth-order valence-electron chi connectivity index (χ4n) is 2.88. The average molecular weight is 282 g/mol. The van der Waals surface area contributed by atoms with Crippen LogP contribution in [-0.4, -0.2) is 57.7 Å². The predicted octanol–water partition coefficient (Wildman–Crippen LogP) is 1.34. The van der Waals surface area contributed by atoms with Gasteiger partial charge < -0.3 is 9.80 Å². The van der Waals surface area contributed by atoms with E-state index in [1.807, 2.05) is 4.40 Å². The number of aryl methyl sites for hydroxylation is 1. The van der Waals surface area contributed by atoms with Gasteiger partial charge in [-0.3, -0.25) is 4.40 Å². The van der Waals surface area contributed by atoms with Crippen molar-refractivity contribution in [2.45, 2.75) is 6.92 Å². The molecule has 1 aliphatic rings. The molecular formula is C15H18N6. The van der Waals surface area contributed by atoms with Crippen molar-refractivity contribution in [1.29, 1.82) is 0 Å². The molecule has 4 rings (SSSR count). The van der Waals surface area contributed by atoms with Gasteiger partial charge in [-0.25, -0.2) is 4.98 Å². The summed E-state index contributed by atoms with van der Waals surface area (Å²) in [5.41, 5.74) is 4.11. The predicted molar refractivity (Wildman–Crippen MR) is 82.7 cm³/mol. The molecule has 0 bridgehead atoms. The third-order valence-corrected chi connectivity index (χ3v) is 4.17. The van der Waals surface area contributed by atoms with Crippen LogP contribution in [0.2, 0.25) is 0 Å². The standard InChI is InChI=1S/C15H18N6/c1-11-3-4-12-13(9-11)21-10-16-18-15(21)14(17-12)20-7-5-19(2)6-8-20/h3-4,9-10H,5-8H2,1-2H3. The molecule has 0 N–H and O–H groups in total. The minimum Gasteiger partial charge on any atom is -0.351 e. The summed E-state index contributed by atoms with van der Waals surface area (Å²) in [5.74, 6) is 0.942. The maximum absolute atomic E-state index is 4.85. The van der Waals surface area contributed by atoms with Gasteiger partial charge in [0.15, 0.2) is 5.82 Å². The van der Waals surface area contributed by atoms with Gasteiger partial charge >= 0.3 is 0 Å². The zero-order valence-corrected chi connectivity index (χ0v) is 12.3. The molecule has 0 atom stereocenters. The topological polar surface area (TPSA) is 49.6 Å². The summed E-state index contributed by atoms with van der Waals surface area (Å²) in [6, 6.07) is 6.30. The van der Waals surface area contributed by atoms with Crippen LogP contribution in [0, 0.1) is 6.92 Å². The maximum atomic E-state index is 4.85. The van der Waals surface area contributed by atoms with Crippen molar-refractivity contribution in [2.75, 3.05) is 38.1 Å². The van der Waals surface area contributed by atoms with E-state index in [-0.39, 0.29) is 0 Å². The number of aromatic nitrogens is 4. The molecule has 108 valence electrons. The molecule has 0 saturated carbocycles. The second-order valence-electron chi connectivity index (χ2n) is 5.74. The Hall–Kier alpha value is -2.21. The molecule has 0 radical (unpaired) electrons. The summed E-state index contributed by atoms with van der Waals surface area (Å²) >= 11 is 0. The number of hydrogen-bond acceptors (Lipinski definition) is 5. The first-order valence-corrected chi connectivity index (χ1v) is 7.26. The highest BCUT2D eigenvalue weighted by molar-refractivity contribution is 5.83. The normalized spacial score (nSPS) is 17.0. The fraction of sp³-hybridized carbons (Fsp3) is 0.400. The van der Waals surface area contributed by atoms with Crippen LogP contribution in [0.25, 0.3) is 16.7 Å². The molecule has 0 aliphatic carbocycles. The van der Waals surface area contributed by atoms with Crippen LogP contribution in [0.3, 0.4) is 0 Å². The summed E-state index contributed by atoms with van der Waals surface area (Å²) in [4.78, 5) is 9.49. The van der Waals surface area contributed by atoms with Gasteiger partial charge in [-0.05, 0) is 31.7 Å². The fourth-order valence-corrected chi connectivity index (χ4v) is 2.88. The summed E-state index contributed by atoms with van der Waals surface area (Å²) in [6.45, 7) is 6.14. The second kappa shape index (κ2) is 4.66. The molecule has 21 heavy (non-hydrogen) atoms. The Labute approximate surface area is 123 Å². The van der Waals surface area contributed by atoms with Gasteiger partial charge in [0, 0.05) is 26.2 Å². The molecule has 3 aromatic rings. The third kappa shape index (κ3) is 2.03. The van der Waals surface area contributed by atoms with Crippen LogP contribution in [0.5, 0.6) is 0 Å². The van der Waals surface area contributed by atoms with Crippen LogP contribution in [0.4, 0.5) is 5.82 Å². The number of rotatable bonds is 1. The number of piperazine rings is 1. The van der Waals surface area contributed by atoms with Gasteiger partial charge in [0.25, 0.3) is 0 Å². The van der Waals surface area contributed by atoms with E-state index in [1.165, 1.54) is 5.56 Å².